The lowest BCUT2D eigenvalue weighted by molar-refractivity contribution is 0.0743. The molecule has 6 heteroatoms. The quantitative estimate of drug-likeness (QED) is 0.710. The standard InChI is InChI=1S/C20H21ClN4O/c1-2-18-22-19(17-8-3-4-9-25(17)18)20(26)24-12-10-23(11-13-24)16-7-5-6-15(21)14-16/h3-9,14H,2,10-13H2,1H3. The molecule has 3 heterocycles. The number of aromatic nitrogens is 2. The van der Waals surface area contributed by atoms with Crippen LogP contribution in [0.5, 0.6) is 0 Å². The number of carbonyl (C=O) groups excluding carboxylic acids is 1. The summed E-state index contributed by atoms with van der Waals surface area (Å²) in [5.74, 6) is 0.931. The van der Waals surface area contributed by atoms with Gasteiger partial charge in [-0.3, -0.25) is 4.79 Å². The molecule has 0 radical (unpaired) electrons. The van der Waals surface area contributed by atoms with E-state index in [9.17, 15) is 4.79 Å². The molecule has 4 rings (SSSR count). The molecular weight excluding hydrogens is 348 g/mol. The number of hydrogen-bond donors (Lipinski definition) is 0. The van der Waals surface area contributed by atoms with Crippen LogP contribution < -0.4 is 4.90 Å². The number of amides is 1. The van der Waals surface area contributed by atoms with E-state index in [0.29, 0.717) is 18.8 Å². The van der Waals surface area contributed by atoms with Gasteiger partial charge in [-0.05, 0) is 30.3 Å². The van der Waals surface area contributed by atoms with E-state index in [2.05, 4.69) is 22.9 Å². The summed E-state index contributed by atoms with van der Waals surface area (Å²) in [6.45, 7) is 4.99. The summed E-state index contributed by atoms with van der Waals surface area (Å²) in [5, 5.41) is 0.734. The minimum absolute atomic E-state index is 0.0131. The number of hydrogen-bond acceptors (Lipinski definition) is 3. The lowest BCUT2D eigenvalue weighted by Gasteiger charge is -2.36. The molecule has 134 valence electrons. The third kappa shape index (κ3) is 3.03. The van der Waals surface area contributed by atoms with Crippen molar-refractivity contribution in [1.29, 1.82) is 0 Å². The van der Waals surface area contributed by atoms with Crippen LogP contribution in [0.15, 0.2) is 48.7 Å². The molecule has 3 aromatic rings. The highest BCUT2D eigenvalue weighted by Gasteiger charge is 2.26. The maximum absolute atomic E-state index is 13.1. The summed E-state index contributed by atoms with van der Waals surface area (Å²) in [7, 11) is 0. The van der Waals surface area contributed by atoms with Gasteiger partial charge < -0.3 is 14.2 Å². The van der Waals surface area contributed by atoms with E-state index in [4.69, 9.17) is 11.6 Å². The Kier molecular flexibility index (Phi) is 4.55. The number of rotatable bonds is 3. The SMILES string of the molecule is CCc1nc(C(=O)N2CCN(c3cccc(Cl)c3)CC2)c2ccccn12. The molecule has 0 bridgehead atoms. The highest BCUT2D eigenvalue weighted by molar-refractivity contribution is 6.30. The minimum Gasteiger partial charge on any atom is -0.368 e. The van der Waals surface area contributed by atoms with Crippen LogP contribution in [0.3, 0.4) is 0 Å². The van der Waals surface area contributed by atoms with Crippen molar-refractivity contribution in [3.63, 3.8) is 0 Å². The van der Waals surface area contributed by atoms with Crippen molar-refractivity contribution in [2.45, 2.75) is 13.3 Å². The maximum Gasteiger partial charge on any atom is 0.274 e. The number of anilines is 1. The van der Waals surface area contributed by atoms with Gasteiger partial charge in [0.25, 0.3) is 5.91 Å². The molecule has 1 fully saturated rings. The Balaban J connectivity index is 1.52. The van der Waals surface area contributed by atoms with Crippen LogP contribution in [-0.4, -0.2) is 46.4 Å². The highest BCUT2D eigenvalue weighted by atomic mass is 35.5. The average Bonchev–Trinajstić information content (AvgIpc) is 3.06. The van der Waals surface area contributed by atoms with E-state index < -0.39 is 0 Å². The van der Waals surface area contributed by atoms with E-state index in [0.717, 1.165) is 41.6 Å². The normalized spacial score (nSPS) is 14.8. The number of piperazine rings is 1. The van der Waals surface area contributed by atoms with Gasteiger partial charge in [0.15, 0.2) is 5.69 Å². The van der Waals surface area contributed by atoms with Crippen molar-refractivity contribution in [3.05, 3.63) is 65.2 Å². The van der Waals surface area contributed by atoms with Gasteiger partial charge in [-0.1, -0.05) is 30.7 Å². The van der Waals surface area contributed by atoms with Crippen molar-refractivity contribution in [1.82, 2.24) is 14.3 Å². The number of fused-ring (bicyclic) bond motifs is 1. The van der Waals surface area contributed by atoms with Crippen LogP contribution in [0.25, 0.3) is 5.52 Å². The summed E-state index contributed by atoms with van der Waals surface area (Å²) in [4.78, 5) is 21.8. The second kappa shape index (κ2) is 7.00. The Morgan fingerprint density at radius 3 is 2.65 bits per heavy atom. The van der Waals surface area contributed by atoms with E-state index >= 15 is 0 Å². The molecule has 1 amide bonds. The van der Waals surface area contributed by atoms with Gasteiger partial charge in [0, 0.05) is 49.5 Å². The first-order chi connectivity index (χ1) is 12.7. The fraction of sp³-hybridized carbons (Fsp3) is 0.300. The average molecular weight is 369 g/mol. The zero-order chi connectivity index (χ0) is 18.1. The predicted molar refractivity (Wildman–Crippen MR) is 104 cm³/mol. The third-order valence-electron chi connectivity index (χ3n) is 4.88. The summed E-state index contributed by atoms with van der Waals surface area (Å²) in [6.07, 6.45) is 2.76. The second-order valence-electron chi connectivity index (χ2n) is 6.45. The molecule has 0 atom stereocenters. The van der Waals surface area contributed by atoms with Gasteiger partial charge in [0.05, 0.1) is 5.52 Å². The fourth-order valence-electron chi connectivity index (χ4n) is 3.50. The molecule has 1 aliphatic rings. The molecule has 0 aliphatic carbocycles. The summed E-state index contributed by atoms with van der Waals surface area (Å²) in [5.41, 5.74) is 2.54. The Hall–Kier alpha value is -2.53. The smallest absolute Gasteiger partial charge is 0.274 e. The van der Waals surface area contributed by atoms with E-state index in [1.165, 1.54) is 0 Å². The van der Waals surface area contributed by atoms with Gasteiger partial charge in [-0.25, -0.2) is 4.98 Å². The lowest BCUT2D eigenvalue weighted by atomic mass is 10.2. The molecular formula is C20H21ClN4O. The molecule has 2 aromatic heterocycles. The zero-order valence-corrected chi connectivity index (χ0v) is 15.5. The number of benzene rings is 1. The Morgan fingerprint density at radius 1 is 1.12 bits per heavy atom. The number of carbonyl (C=O) groups is 1. The van der Waals surface area contributed by atoms with Crippen molar-refractivity contribution < 1.29 is 4.79 Å². The van der Waals surface area contributed by atoms with Gasteiger partial charge in [-0.15, -0.1) is 0 Å². The first kappa shape index (κ1) is 16.9. The Morgan fingerprint density at radius 2 is 1.92 bits per heavy atom. The van der Waals surface area contributed by atoms with Crippen molar-refractivity contribution in [3.8, 4) is 0 Å². The number of imidazole rings is 1. The van der Waals surface area contributed by atoms with Gasteiger partial charge >= 0.3 is 0 Å². The minimum atomic E-state index is 0.0131. The number of pyridine rings is 1. The number of nitrogens with zero attached hydrogens (tertiary/aromatic N) is 4. The van der Waals surface area contributed by atoms with Crippen LogP contribution in [0.2, 0.25) is 5.02 Å². The largest absolute Gasteiger partial charge is 0.368 e. The molecule has 5 nitrogen and oxygen atoms in total. The predicted octanol–water partition coefficient (Wildman–Crippen LogP) is 3.51. The lowest BCUT2D eigenvalue weighted by Crippen LogP contribution is -2.49. The molecule has 0 saturated carbocycles. The first-order valence-corrected chi connectivity index (χ1v) is 9.31. The molecule has 0 unspecified atom stereocenters. The van der Waals surface area contributed by atoms with Crippen LogP contribution in [0.4, 0.5) is 5.69 Å². The van der Waals surface area contributed by atoms with Crippen molar-refractivity contribution in [2.75, 3.05) is 31.1 Å². The second-order valence-corrected chi connectivity index (χ2v) is 6.88. The van der Waals surface area contributed by atoms with Gasteiger partial charge in [0.2, 0.25) is 0 Å². The van der Waals surface area contributed by atoms with Crippen molar-refractivity contribution in [2.24, 2.45) is 0 Å². The monoisotopic (exact) mass is 368 g/mol. The number of aryl methyl sites for hydroxylation is 1. The summed E-state index contributed by atoms with van der Waals surface area (Å²) < 4.78 is 2.01. The topological polar surface area (TPSA) is 40.9 Å². The third-order valence-corrected chi connectivity index (χ3v) is 5.12. The number of halogens is 1. The van der Waals surface area contributed by atoms with Crippen LogP contribution >= 0.6 is 11.6 Å². The zero-order valence-electron chi connectivity index (χ0n) is 14.7. The molecule has 1 aromatic carbocycles. The Labute approximate surface area is 157 Å². The maximum atomic E-state index is 13.1. The van der Waals surface area contributed by atoms with Crippen LogP contribution in [-0.2, 0) is 6.42 Å². The molecule has 26 heavy (non-hydrogen) atoms. The molecule has 1 saturated heterocycles. The Bertz CT molecular complexity index is 944. The van der Waals surface area contributed by atoms with Gasteiger partial charge in [0.1, 0.15) is 5.82 Å². The first-order valence-electron chi connectivity index (χ1n) is 8.93. The van der Waals surface area contributed by atoms with Crippen LogP contribution in [0.1, 0.15) is 23.2 Å². The van der Waals surface area contributed by atoms with Crippen molar-refractivity contribution >= 4 is 28.7 Å². The van der Waals surface area contributed by atoms with E-state index in [1.807, 2.05) is 51.9 Å². The van der Waals surface area contributed by atoms with E-state index in [1.54, 1.807) is 0 Å². The molecule has 1 aliphatic heterocycles. The highest BCUT2D eigenvalue weighted by Crippen LogP contribution is 2.22. The molecule has 0 spiro atoms. The summed E-state index contributed by atoms with van der Waals surface area (Å²) >= 11 is 6.09. The van der Waals surface area contributed by atoms with Gasteiger partial charge in [-0.2, -0.15) is 0 Å². The summed E-state index contributed by atoms with van der Waals surface area (Å²) in [6, 6.07) is 13.7. The van der Waals surface area contributed by atoms with Crippen LogP contribution in [0, 0.1) is 0 Å². The van der Waals surface area contributed by atoms with E-state index in [-0.39, 0.29) is 5.91 Å². The fourth-order valence-corrected chi connectivity index (χ4v) is 3.68. The molecule has 0 N–H and O–H groups in total.